The summed E-state index contributed by atoms with van der Waals surface area (Å²) in [5.74, 6) is 1.06. The lowest BCUT2D eigenvalue weighted by Crippen LogP contribution is -2.38. The molecule has 2 aromatic carbocycles. The molecule has 2 atom stereocenters. The van der Waals surface area contributed by atoms with Crippen LogP contribution < -0.4 is 4.74 Å². The lowest BCUT2D eigenvalue weighted by molar-refractivity contribution is 0.0842. The van der Waals surface area contributed by atoms with Crippen LogP contribution in [0.3, 0.4) is 0 Å². The highest BCUT2D eigenvalue weighted by molar-refractivity contribution is 5.65. The van der Waals surface area contributed by atoms with Crippen LogP contribution in [-0.2, 0) is 16.6 Å². The molecule has 0 bridgehead atoms. The zero-order valence-electron chi connectivity index (χ0n) is 14.9. The highest BCUT2D eigenvalue weighted by atomic mass is 16.5. The van der Waals surface area contributed by atoms with Crippen molar-refractivity contribution in [3.8, 4) is 5.75 Å². The Hall–Kier alpha value is -2.06. The second kappa shape index (κ2) is 5.22. The van der Waals surface area contributed by atoms with Gasteiger partial charge in [-0.2, -0.15) is 0 Å². The van der Waals surface area contributed by atoms with E-state index in [1.807, 2.05) is 0 Å². The molecule has 3 aliphatic rings. The van der Waals surface area contributed by atoms with Crippen LogP contribution in [0.5, 0.6) is 5.75 Å². The quantitative estimate of drug-likeness (QED) is 0.740. The molecular formula is C23H24O2. The average Bonchev–Trinajstić information content (AvgIpc) is 3.06. The summed E-state index contributed by atoms with van der Waals surface area (Å²) >= 11 is 0. The molecule has 2 heteroatoms. The molecule has 2 nitrogen and oxygen atoms in total. The first-order chi connectivity index (χ1) is 12.1. The van der Waals surface area contributed by atoms with Crippen molar-refractivity contribution < 1.29 is 9.47 Å². The smallest absolute Gasteiger partial charge is 0.123 e. The molecular weight excluding hydrogens is 308 g/mol. The molecule has 128 valence electrons. The minimum absolute atomic E-state index is 0.0841. The van der Waals surface area contributed by atoms with Crippen molar-refractivity contribution in [2.24, 2.45) is 0 Å². The van der Waals surface area contributed by atoms with Crippen LogP contribution in [0.2, 0.25) is 0 Å². The van der Waals surface area contributed by atoms with Gasteiger partial charge in [-0.1, -0.05) is 48.6 Å². The predicted molar refractivity (Wildman–Crippen MR) is 100 cm³/mol. The SMILES string of the molecule is CC1(C)CCc2ccc(C34CCOC3C=Cc3ccccc34)cc2O1. The van der Waals surface area contributed by atoms with Crippen LogP contribution in [0, 0.1) is 0 Å². The van der Waals surface area contributed by atoms with Crippen LogP contribution in [0.1, 0.15) is 48.9 Å². The number of ether oxygens (including phenoxy) is 2. The summed E-state index contributed by atoms with van der Waals surface area (Å²) in [4.78, 5) is 0. The van der Waals surface area contributed by atoms with Crippen LogP contribution >= 0.6 is 0 Å². The summed E-state index contributed by atoms with van der Waals surface area (Å²) in [6.07, 6.45) is 7.73. The molecule has 1 saturated heterocycles. The van der Waals surface area contributed by atoms with E-state index in [0.29, 0.717) is 0 Å². The first-order valence-corrected chi connectivity index (χ1v) is 9.30. The summed E-state index contributed by atoms with van der Waals surface area (Å²) in [5, 5.41) is 0. The van der Waals surface area contributed by atoms with Crippen molar-refractivity contribution in [2.75, 3.05) is 6.61 Å². The van der Waals surface area contributed by atoms with Gasteiger partial charge in [-0.05, 0) is 61.4 Å². The molecule has 0 spiro atoms. The number of benzene rings is 2. The van der Waals surface area contributed by atoms with E-state index in [9.17, 15) is 0 Å². The lowest BCUT2D eigenvalue weighted by Gasteiger charge is -2.39. The van der Waals surface area contributed by atoms with Crippen LogP contribution in [0.15, 0.2) is 48.5 Å². The highest BCUT2D eigenvalue weighted by Crippen LogP contribution is 2.50. The monoisotopic (exact) mass is 332 g/mol. The van der Waals surface area contributed by atoms with Crippen molar-refractivity contribution in [1.82, 2.24) is 0 Å². The Bertz CT molecular complexity index is 864. The largest absolute Gasteiger partial charge is 0.488 e. The van der Waals surface area contributed by atoms with Crippen LogP contribution in [0.25, 0.3) is 6.08 Å². The van der Waals surface area contributed by atoms with Gasteiger partial charge in [0, 0.05) is 6.61 Å². The van der Waals surface area contributed by atoms with Crippen molar-refractivity contribution >= 4 is 6.08 Å². The van der Waals surface area contributed by atoms with E-state index in [0.717, 1.165) is 31.6 Å². The Morgan fingerprint density at radius 2 is 1.92 bits per heavy atom. The third-order valence-corrected chi connectivity index (χ3v) is 6.14. The summed E-state index contributed by atoms with van der Waals surface area (Å²) in [6.45, 7) is 5.16. The fraction of sp³-hybridized carbons (Fsp3) is 0.391. The molecule has 0 N–H and O–H groups in total. The highest BCUT2D eigenvalue weighted by Gasteiger charge is 2.48. The fourth-order valence-electron chi connectivity index (χ4n) is 4.76. The minimum atomic E-state index is -0.0919. The second-order valence-corrected chi connectivity index (χ2v) is 8.14. The Labute approximate surface area is 149 Å². The second-order valence-electron chi connectivity index (χ2n) is 8.14. The van der Waals surface area contributed by atoms with Gasteiger partial charge in [-0.3, -0.25) is 0 Å². The normalized spacial score (nSPS) is 28.6. The molecule has 2 unspecified atom stereocenters. The number of hydrogen-bond acceptors (Lipinski definition) is 2. The number of aryl methyl sites for hydroxylation is 1. The fourth-order valence-corrected chi connectivity index (χ4v) is 4.76. The summed E-state index contributed by atoms with van der Waals surface area (Å²) < 4.78 is 12.5. The van der Waals surface area contributed by atoms with E-state index in [-0.39, 0.29) is 17.1 Å². The number of hydrogen-bond donors (Lipinski definition) is 0. The van der Waals surface area contributed by atoms with Crippen molar-refractivity contribution in [3.05, 3.63) is 70.8 Å². The van der Waals surface area contributed by atoms with Crippen LogP contribution in [-0.4, -0.2) is 18.3 Å². The molecule has 2 heterocycles. The summed E-state index contributed by atoms with van der Waals surface area (Å²) in [7, 11) is 0. The maximum Gasteiger partial charge on any atom is 0.123 e. The van der Waals surface area contributed by atoms with E-state index in [1.165, 1.54) is 22.3 Å². The molecule has 0 radical (unpaired) electrons. The Morgan fingerprint density at radius 3 is 2.84 bits per heavy atom. The molecule has 2 aromatic rings. The Balaban J connectivity index is 1.68. The lowest BCUT2D eigenvalue weighted by atomic mass is 9.65. The molecule has 0 amide bonds. The Kier molecular flexibility index (Phi) is 3.18. The molecule has 0 saturated carbocycles. The first-order valence-electron chi connectivity index (χ1n) is 9.30. The molecule has 1 fully saturated rings. The van der Waals surface area contributed by atoms with E-state index in [2.05, 4.69) is 68.5 Å². The Morgan fingerprint density at radius 1 is 1.04 bits per heavy atom. The van der Waals surface area contributed by atoms with Gasteiger partial charge in [0.2, 0.25) is 0 Å². The van der Waals surface area contributed by atoms with Crippen LogP contribution in [0.4, 0.5) is 0 Å². The van der Waals surface area contributed by atoms with Gasteiger partial charge in [-0.15, -0.1) is 0 Å². The number of fused-ring (bicyclic) bond motifs is 4. The van der Waals surface area contributed by atoms with Crippen molar-refractivity contribution in [2.45, 2.75) is 50.2 Å². The van der Waals surface area contributed by atoms with E-state index in [1.54, 1.807) is 0 Å². The zero-order valence-corrected chi connectivity index (χ0v) is 14.9. The van der Waals surface area contributed by atoms with Crippen molar-refractivity contribution in [1.29, 1.82) is 0 Å². The summed E-state index contributed by atoms with van der Waals surface area (Å²) in [5.41, 5.74) is 5.17. The van der Waals surface area contributed by atoms with Gasteiger partial charge >= 0.3 is 0 Å². The molecule has 25 heavy (non-hydrogen) atoms. The van der Waals surface area contributed by atoms with E-state index >= 15 is 0 Å². The van der Waals surface area contributed by atoms with E-state index in [4.69, 9.17) is 9.47 Å². The molecule has 0 aromatic heterocycles. The van der Waals surface area contributed by atoms with Gasteiger partial charge in [0.25, 0.3) is 0 Å². The summed E-state index contributed by atoms with van der Waals surface area (Å²) in [6, 6.07) is 15.6. The number of rotatable bonds is 1. The van der Waals surface area contributed by atoms with Gasteiger partial charge in [0.1, 0.15) is 11.4 Å². The predicted octanol–water partition coefficient (Wildman–Crippen LogP) is 4.89. The van der Waals surface area contributed by atoms with Crippen molar-refractivity contribution in [3.63, 3.8) is 0 Å². The maximum absolute atomic E-state index is 6.33. The standard InChI is InChI=1S/C23H24O2/c1-22(2)12-11-17-7-9-18(15-20(17)25-22)23-13-14-24-21(23)10-8-16-5-3-4-6-19(16)23/h3-10,15,21H,11-14H2,1-2H3. The zero-order chi connectivity index (χ0) is 17.1. The molecule has 5 rings (SSSR count). The topological polar surface area (TPSA) is 18.5 Å². The van der Waals surface area contributed by atoms with E-state index < -0.39 is 0 Å². The molecule has 2 aliphatic heterocycles. The third-order valence-electron chi connectivity index (χ3n) is 6.14. The average molecular weight is 332 g/mol. The van der Waals surface area contributed by atoms with Gasteiger partial charge in [0.15, 0.2) is 0 Å². The first kappa shape index (κ1) is 15.2. The minimum Gasteiger partial charge on any atom is -0.488 e. The maximum atomic E-state index is 6.33. The van der Waals surface area contributed by atoms with Gasteiger partial charge < -0.3 is 9.47 Å². The van der Waals surface area contributed by atoms with Gasteiger partial charge in [-0.25, -0.2) is 0 Å². The molecule has 1 aliphatic carbocycles. The van der Waals surface area contributed by atoms with Gasteiger partial charge in [0.05, 0.1) is 11.5 Å². The third kappa shape index (κ3) is 2.20.